The molecular weight excluding hydrogens is 444 g/mol. The van der Waals surface area contributed by atoms with Crippen LogP contribution in [-0.2, 0) is 23.7 Å². The highest BCUT2D eigenvalue weighted by Gasteiger charge is 1.96. The van der Waals surface area contributed by atoms with E-state index in [9.17, 15) is 0 Å². The van der Waals surface area contributed by atoms with Gasteiger partial charge in [-0.2, -0.15) is 0 Å². The molecule has 6 heteroatoms. The van der Waals surface area contributed by atoms with E-state index in [2.05, 4.69) is 6.92 Å². The highest BCUT2D eigenvalue weighted by Crippen LogP contribution is 2.11. The van der Waals surface area contributed by atoms with E-state index in [4.69, 9.17) is 28.4 Å². The van der Waals surface area contributed by atoms with E-state index < -0.39 is 0 Å². The first-order valence-electron chi connectivity index (χ1n) is 14.0. The number of para-hydroxylation sites is 1. The summed E-state index contributed by atoms with van der Waals surface area (Å²) in [4.78, 5) is 0. The Morgan fingerprint density at radius 3 is 1.23 bits per heavy atom. The lowest BCUT2D eigenvalue weighted by Crippen LogP contribution is -2.14. The van der Waals surface area contributed by atoms with Crippen LogP contribution in [0.2, 0.25) is 0 Å². The summed E-state index contributed by atoms with van der Waals surface area (Å²) in [7, 11) is 0. The smallest absolute Gasteiger partial charge is 0.119 e. The molecular formula is C29H52O6. The Morgan fingerprint density at radius 1 is 0.400 bits per heavy atom. The minimum atomic E-state index is 0.539. The SMILES string of the molecule is CCCCCCCCCCCCCOCCOCCOCCOCCOCCOc1ccccc1. The molecule has 0 aromatic heterocycles. The minimum absolute atomic E-state index is 0.539. The van der Waals surface area contributed by atoms with Crippen molar-refractivity contribution < 1.29 is 28.4 Å². The maximum absolute atomic E-state index is 5.64. The van der Waals surface area contributed by atoms with Crippen molar-refractivity contribution in [3.8, 4) is 5.75 Å². The molecule has 1 aromatic rings. The molecule has 1 aromatic carbocycles. The first-order valence-corrected chi connectivity index (χ1v) is 14.0. The quantitative estimate of drug-likeness (QED) is 0.124. The van der Waals surface area contributed by atoms with Crippen LogP contribution < -0.4 is 4.74 Å². The van der Waals surface area contributed by atoms with Crippen molar-refractivity contribution in [1.82, 2.24) is 0 Å². The first kappa shape index (κ1) is 31.8. The van der Waals surface area contributed by atoms with Gasteiger partial charge >= 0.3 is 0 Å². The Hall–Kier alpha value is -1.18. The van der Waals surface area contributed by atoms with Crippen molar-refractivity contribution in [2.24, 2.45) is 0 Å². The van der Waals surface area contributed by atoms with Crippen molar-refractivity contribution in [3.05, 3.63) is 30.3 Å². The molecule has 0 aliphatic carbocycles. The van der Waals surface area contributed by atoms with Crippen LogP contribution in [0.4, 0.5) is 0 Å². The molecule has 0 saturated carbocycles. The van der Waals surface area contributed by atoms with E-state index in [0.717, 1.165) is 18.8 Å². The molecule has 0 N–H and O–H groups in total. The molecule has 0 saturated heterocycles. The topological polar surface area (TPSA) is 55.4 Å². The maximum Gasteiger partial charge on any atom is 0.119 e. The molecule has 0 spiro atoms. The van der Waals surface area contributed by atoms with Gasteiger partial charge in [-0.1, -0.05) is 89.3 Å². The second kappa shape index (κ2) is 27.4. The predicted molar refractivity (Wildman–Crippen MR) is 142 cm³/mol. The molecule has 0 heterocycles. The summed E-state index contributed by atoms with van der Waals surface area (Å²) in [6.07, 6.45) is 15.0. The number of hydrogen-bond donors (Lipinski definition) is 0. The monoisotopic (exact) mass is 496 g/mol. The molecule has 35 heavy (non-hydrogen) atoms. The molecule has 0 bridgehead atoms. The second-order valence-electron chi connectivity index (χ2n) is 8.76. The van der Waals surface area contributed by atoms with Crippen molar-refractivity contribution in [1.29, 1.82) is 0 Å². The van der Waals surface area contributed by atoms with Gasteiger partial charge in [0.25, 0.3) is 0 Å². The van der Waals surface area contributed by atoms with Crippen LogP contribution in [0.15, 0.2) is 30.3 Å². The van der Waals surface area contributed by atoms with Crippen LogP contribution in [0.1, 0.15) is 77.6 Å². The first-order chi connectivity index (χ1) is 17.4. The Kier molecular flexibility index (Phi) is 24.9. The summed E-state index contributed by atoms with van der Waals surface area (Å²) in [5.41, 5.74) is 0. The van der Waals surface area contributed by atoms with Crippen LogP contribution in [-0.4, -0.2) is 72.7 Å². The van der Waals surface area contributed by atoms with E-state index in [1.165, 1.54) is 64.2 Å². The summed E-state index contributed by atoms with van der Waals surface area (Å²) in [6, 6.07) is 9.74. The zero-order valence-electron chi connectivity index (χ0n) is 22.4. The Bertz CT molecular complexity index is 513. The van der Waals surface area contributed by atoms with Gasteiger partial charge in [0.05, 0.1) is 59.5 Å². The van der Waals surface area contributed by atoms with E-state index in [1.807, 2.05) is 30.3 Å². The number of ether oxygens (including phenoxy) is 6. The normalized spacial score (nSPS) is 11.2. The van der Waals surface area contributed by atoms with Gasteiger partial charge < -0.3 is 28.4 Å². The van der Waals surface area contributed by atoms with E-state index in [1.54, 1.807) is 0 Å². The maximum atomic E-state index is 5.64. The van der Waals surface area contributed by atoms with Gasteiger partial charge in [0, 0.05) is 6.61 Å². The highest BCUT2D eigenvalue weighted by atomic mass is 16.6. The van der Waals surface area contributed by atoms with Crippen LogP contribution in [0, 0.1) is 0 Å². The van der Waals surface area contributed by atoms with E-state index >= 15 is 0 Å². The number of benzene rings is 1. The fourth-order valence-electron chi connectivity index (χ4n) is 3.59. The third-order valence-electron chi connectivity index (χ3n) is 5.62. The van der Waals surface area contributed by atoms with Gasteiger partial charge in [-0.05, 0) is 18.6 Å². The Balaban J connectivity index is 1.63. The molecule has 6 nitrogen and oxygen atoms in total. The molecule has 0 radical (unpaired) electrons. The average molecular weight is 497 g/mol. The van der Waals surface area contributed by atoms with Gasteiger partial charge in [-0.3, -0.25) is 0 Å². The number of hydrogen-bond acceptors (Lipinski definition) is 6. The van der Waals surface area contributed by atoms with E-state index in [-0.39, 0.29) is 0 Å². The molecule has 1 rings (SSSR count). The molecule has 0 fully saturated rings. The van der Waals surface area contributed by atoms with Crippen LogP contribution in [0.25, 0.3) is 0 Å². The fraction of sp³-hybridized carbons (Fsp3) is 0.793. The van der Waals surface area contributed by atoms with Crippen LogP contribution >= 0.6 is 0 Å². The van der Waals surface area contributed by atoms with Crippen LogP contribution in [0.5, 0.6) is 5.75 Å². The van der Waals surface area contributed by atoms with Gasteiger partial charge in [-0.15, -0.1) is 0 Å². The lowest BCUT2D eigenvalue weighted by Gasteiger charge is -2.08. The third-order valence-corrected chi connectivity index (χ3v) is 5.62. The predicted octanol–water partition coefficient (Wildman–Crippen LogP) is 6.46. The zero-order valence-corrected chi connectivity index (χ0v) is 22.4. The zero-order chi connectivity index (χ0) is 24.9. The lowest BCUT2D eigenvalue weighted by atomic mass is 10.1. The fourth-order valence-corrected chi connectivity index (χ4v) is 3.59. The van der Waals surface area contributed by atoms with Gasteiger partial charge in [0.15, 0.2) is 0 Å². The summed E-state index contributed by atoms with van der Waals surface area (Å²) >= 11 is 0. The largest absolute Gasteiger partial charge is 0.491 e. The van der Waals surface area contributed by atoms with Gasteiger partial charge in [0.2, 0.25) is 0 Å². The average Bonchev–Trinajstić information content (AvgIpc) is 2.89. The molecule has 0 aliphatic rings. The van der Waals surface area contributed by atoms with Crippen molar-refractivity contribution in [2.75, 3.05) is 72.7 Å². The third kappa shape index (κ3) is 24.3. The number of unbranched alkanes of at least 4 members (excludes halogenated alkanes) is 10. The Morgan fingerprint density at radius 2 is 0.771 bits per heavy atom. The molecule has 0 unspecified atom stereocenters. The van der Waals surface area contributed by atoms with E-state index in [0.29, 0.717) is 66.1 Å². The standard InChI is InChI=1S/C29H52O6/c1-2-3-4-5-6-7-8-9-10-11-15-18-30-19-20-31-21-22-32-23-24-33-25-26-34-27-28-35-29-16-13-12-14-17-29/h12-14,16-17H,2-11,15,18-28H2,1H3. The molecule has 0 aliphatic heterocycles. The van der Waals surface area contributed by atoms with Crippen LogP contribution in [0.3, 0.4) is 0 Å². The molecule has 0 amide bonds. The highest BCUT2D eigenvalue weighted by molar-refractivity contribution is 5.20. The lowest BCUT2D eigenvalue weighted by molar-refractivity contribution is -0.0128. The second-order valence-corrected chi connectivity index (χ2v) is 8.76. The van der Waals surface area contributed by atoms with Gasteiger partial charge in [-0.25, -0.2) is 0 Å². The van der Waals surface area contributed by atoms with Crippen molar-refractivity contribution >= 4 is 0 Å². The van der Waals surface area contributed by atoms with Crippen molar-refractivity contribution in [3.63, 3.8) is 0 Å². The number of rotatable bonds is 28. The molecule has 204 valence electrons. The summed E-state index contributed by atoms with van der Waals surface area (Å²) in [5, 5.41) is 0. The van der Waals surface area contributed by atoms with Gasteiger partial charge in [0.1, 0.15) is 12.4 Å². The minimum Gasteiger partial charge on any atom is -0.491 e. The summed E-state index contributed by atoms with van der Waals surface area (Å²) < 4.78 is 33.2. The summed E-state index contributed by atoms with van der Waals surface area (Å²) in [5.74, 6) is 0.862. The summed E-state index contributed by atoms with van der Waals surface area (Å²) in [6.45, 7) is 8.91. The Labute approximate surface area is 215 Å². The molecule has 0 atom stereocenters. The van der Waals surface area contributed by atoms with Crippen molar-refractivity contribution in [2.45, 2.75) is 77.6 Å².